The van der Waals surface area contributed by atoms with E-state index in [1.165, 1.54) is 54.9 Å². The molecule has 0 unspecified atom stereocenters. The van der Waals surface area contributed by atoms with Gasteiger partial charge in [-0.15, -0.1) is 0 Å². The van der Waals surface area contributed by atoms with Gasteiger partial charge in [0.05, 0.1) is 27.6 Å². The molecule has 5 nitrogen and oxygen atoms in total. The Morgan fingerprint density at radius 2 is 1.29 bits per heavy atom. The average molecular weight is 762 g/mol. The summed E-state index contributed by atoms with van der Waals surface area (Å²) in [6.45, 7) is 11.1. The van der Waals surface area contributed by atoms with Crippen molar-refractivity contribution < 1.29 is 0 Å². The highest BCUT2D eigenvalue weighted by Gasteiger charge is 2.22. The number of pyridine rings is 1. The molecule has 0 aliphatic rings. The molecule has 0 atom stereocenters. The third-order valence-electron chi connectivity index (χ3n) is 12.2. The van der Waals surface area contributed by atoms with E-state index in [1.807, 2.05) is 6.20 Å². The molecule has 7 aromatic carbocycles. The fraction of sp³-hybridized carbons (Fsp3) is 0.111. The van der Waals surface area contributed by atoms with Crippen LogP contribution in [0.4, 0.5) is 0 Å². The Morgan fingerprint density at radius 1 is 0.542 bits per heavy atom. The molecule has 59 heavy (non-hydrogen) atoms. The van der Waals surface area contributed by atoms with Crippen LogP contribution < -0.4 is 0 Å². The number of aromatic nitrogens is 5. The minimum atomic E-state index is 0.376. The first kappa shape index (κ1) is 35.0. The molecule has 0 amide bonds. The Kier molecular flexibility index (Phi) is 7.96. The van der Waals surface area contributed by atoms with E-state index in [9.17, 15) is 0 Å². The molecule has 0 spiro atoms. The van der Waals surface area contributed by atoms with Crippen LogP contribution in [0.5, 0.6) is 0 Å². The van der Waals surface area contributed by atoms with Crippen LogP contribution in [0.2, 0.25) is 0 Å². The predicted molar refractivity (Wildman–Crippen MR) is 247 cm³/mol. The number of hydrogen-bond donors (Lipinski definition) is 1. The van der Waals surface area contributed by atoms with Crippen LogP contribution in [0, 0.1) is 20.8 Å². The van der Waals surface area contributed by atoms with Gasteiger partial charge < -0.3 is 4.98 Å². The highest BCUT2D eigenvalue weighted by atomic mass is 15.1. The summed E-state index contributed by atoms with van der Waals surface area (Å²) in [7, 11) is 0. The molecule has 0 bridgehead atoms. The third kappa shape index (κ3) is 5.53. The molecular weight excluding hydrogens is 719 g/mol. The van der Waals surface area contributed by atoms with Crippen LogP contribution in [0.3, 0.4) is 0 Å². The van der Waals surface area contributed by atoms with Crippen molar-refractivity contribution >= 4 is 54.6 Å². The smallest absolute Gasteiger partial charge is 0.147 e. The lowest BCUT2D eigenvalue weighted by atomic mass is 9.93. The Bertz CT molecular complexity index is 3430. The number of nitrogens with zero attached hydrogens (tertiary/aromatic N) is 4. The zero-order valence-electron chi connectivity index (χ0n) is 33.9. The Balaban J connectivity index is 1.17. The molecule has 5 heteroatoms. The first-order chi connectivity index (χ1) is 28.8. The summed E-state index contributed by atoms with van der Waals surface area (Å²) in [5, 5.41) is 4.80. The van der Waals surface area contributed by atoms with Gasteiger partial charge in [0.2, 0.25) is 0 Å². The van der Waals surface area contributed by atoms with Crippen molar-refractivity contribution in [3.8, 4) is 45.1 Å². The maximum absolute atomic E-state index is 5.58. The van der Waals surface area contributed by atoms with Gasteiger partial charge in [0.1, 0.15) is 11.6 Å². The van der Waals surface area contributed by atoms with Crippen LogP contribution in [-0.4, -0.2) is 24.1 Å². The van der Waals surface area contributed by atoms with Crippen molar-refractivity contribution in [2.75, 3.05) is 0 Å². The Morgan fingerprint density at radius 3 is 2.12 bits per heavy atom. The third-order valence-corrected chi connectivity index (χ3v) is 12.2. The lowest BCUT2D eigenvalue weighted by Gasteiger charge is -2.13. The van der Waals surface area contributed by atoms with Gasteiger partial charge in [-0.25, -0.2) is 9.97 Å². The molecule has 284 valence electrons. The van der Waals surface area contributed by atoms with Gasteiger partial charge >= 0.3 is 0 Å². The van der Waals surface area contributed by atoms with Crippen molar-refractivity contribution in [3.05, 3.63) is 180 Å². The molecule has 1 N–H and O–H groups in total. The van der Waals surface area contributed by atoms with E-state index in [1.54, 1.807) is 0 Å². The molecule has 0 saturated heterocycles. The lowest BCUT2D eigenvalue weighted by molar-refractivity contribution is 0.858. The van der Waals surface area contributed by atoms with Gasteiger partial charge in [-0.3, -0.25) is 9.13 Å². The van der Waals surface area contributed by atoms with E-state index in [4.69, 9.17) is 9.97 Å². The number of imidazole rings is 1. The molecule has 11 rings (SSSR count). The lowest BCUT2D eigenvalue weighted by Crippen LogP contribution is -1.99. The van der Waals surface area contributed by atoms with E-state index >= 15 is 0 Å². The molecule has 11 aromatic rings. The molecular formula is C54H43N5. The minimum Gasteiger partial charge on any atom is -0.354 e. The number of para-hydroxylation sites is 4. The van der Waals surface area contributed by atoms with Crippen molar-refractivity contribution in [1.29, 1.82) is 0 Å². The molecule has 0 aliphatic heterocycles. The van der Waals surface area contributed by atoms with E-state index in [2.05, 4.69) is 200 Å². The standard InChI is InChI=1S/C54H43N5/c1-32(2)36-25-26-55-50(31-36)59-47-24-22-38(51-34(4)27-33(3)28-35(51)5)29-45(47)42-23-21-37(30-49(42)59)40-16-12-20-48-53(40)57-54(58(48)39-13-7-6-8-14-39)44-18-11-17-43-41-15-9-10-19-46(41)56-52(43)44/h6-32,56H,1-5H3. The highest BCUT2D eigenvalue weighted by molar-refractivity contribution is 6.13. The molecule has 0 saturated carbocycles. The molecule has 0 fully saturated rings. The van der Waals surface area contributed by atoms with Crippen LogP contribution >= 0.6 is 0 Å². The summed E-state index contributed by atoms with van der Waals surface area (Å²) in [6.07, 6.45) is 1.95. The average Bonchev–Trinajstić information content (AvgIpc) is 3.93. The number of aromatic amines is 1. The molecule has 4 heterocycles. The highest BCUT2D eigenvalue weighted by Crippen LogP contribution is 2.42. The van der Waals surface area contributed by atoms with Crippen molar-refractivity contribution in [2.45, 2.75) is 40.5 Å². The number of H-pyrrole nitrogens is 1. The van der Waals surface area contributed by atoms with E-state index < -0.39 is 0 Å². The summed E-state index contributed by atoms with van der Waals surface area (Å²) in [5.74, 6) is 2.19. The fourth-order valence-corrected chi connectivity index (χ4v) is 9.55. The SMILES string of the molecule is Cc1cc(C)c(-c2ccc3c(c2)c2ccc(-c4cccc5c4nc(-c4cccc6c4[nH]c4ccccc46)n5-c4ccccc4)cc2n3-c2cc(C(C)C)ccn2)c(C)c1. The zero-order chi connectivity index (χ0) is 39.9. The van der Waals surface area contributed by atoms with Crippen molar-refractivity contribution in [2.24, 2.45) is 0 Å². The first-order valence-electron chi connectivity index (χ1n) is 20.5. The summed E-state index contributed by atoms with van der Waals surface area (Å²) in [6, 6.07) is 55.0. The van der Waals surface area contributed by atoms with Crippen molar-refractivity contribution in [3.63, 3.8) is 0 Å². The second-order valence-electron chi connectivity index (χ2n) is 16.4. The van der Waals surface area contributed by atoms with E-state index in [0.717, 1.165) is 67.1 Å². The second kappa shape index (κ2) is 13.4. The van der Waals surface area contributed by atoms with Gasteiger partial charge in [0.15, 0.2) is 0 Å². The maximum atomic E-state index is 5.58. The Labute approximate surface area is 343 Å². The largest absolute Gasteiger partial charge is 0.354 e. The number of aryl methyl sites for hydroxylation is 3. The van der Waals surface area contributed by atoms with Crippen LogP contribution in [0.25, 0.3) is 99.8 Å². The molecule has 0 radical (unpaired) electrons. The van der Waals surface area contributed by atoms with Gasteiger partial charge in [0, 0.05) is 50.1 Å². The molecule has 0 aliphatic carbocycles. The van der Waals surface area contributed by atoms with Gasteiger partial charge in [-0.05, 0) is 121 Å². The van der Waals surface area contributed by atoms with E-state index in [0.29, 0.717) is 5.92 Å². The van der Waals surface area contributed by atoms with E-state index in [-0.39, 0.29) is 0 Å². The normalized spacial score (nSPS) is 12.0. The number of benzene rings is 7. The summed E-state index contributed by atoms with van der Waals surface area (Å²) in [4.78, 5) is 14.3. The quantitative estimate of drug-likeness (QED) is 0.183. The Hall–Kier alpha value is -7.24. The number of rotatable bonds is 6. The van der Waals surface area contributed by atoms with Gasteiger partial charge in [-0.2, -0.15) is 0 Å². The number of hydrogen-bond acceptors (Lipinski definition) is 2. The summed E-state index contributed by atoms with van der Waals surface area (Å²) < 4.78 is 4.66. The monoisotopic (exact) mass is 761 g/mol. The van der Waals surface area contributed by atoms with Crippen LogP contribution in [0.15, 0.2) is 158 Å². The second-order valence-corrected chi connectivity index (χ2v) is 16.4. The minimum absolute atomic E-state index is 0.376. The first-order valence-corrected chi connectivity index (χ1v) is 20.5. The van der Waals surface area contributed by atoms with Crippen LogP contribution in [0.1, 0.15) is 42.0 Å². The topological polar surface area (TPSA) is 51.4 Å². The van der Waals surface area contributed by atoms with Gasteiger partial charge in [0.25, 0.3) is 0 Å². The zero-order valence-corrected chi connectivity index (χ0v) is 33.9. The maximum Gasteiger partial charge on any atom is 0.147 e. The van der Waals surface area contributed by atoms with Crippen molar-refractivity contribution in [1.82, 2.24) is 24.1 Å². The fourth-order valence-electron chi connectivity index (χ4n) is 9.55. The van der Waals surface area contributed by atoms with Gasteiger partial charge in [-0.1, -0.05) is 110 Å². The summed E-state index contributed by atoms with van der Waals surface area (Å²) in [5.41, 5.74) is 18.4. The van der Waals surface area contributed by atoms with Crippen LogP contribution in [-0.2, 0) is 0 Å². The molecule has 4 aromatic heterocycles. The number of fused-ring (bicyclic) bond motifs is 7. The predicted octanol–water partition coefficient (Wildman–Crippen LogP) is 14.2. The summed E-state index contributed by atoms with van der Waals surface area (Å²) >= 11 is 0. The number of nitrogens with one attached hydrogen (secondary N) is 1.